The summed E-state index contributed by atoms with van der Waals surface area (Å²) in [4.78, 5) is 0. The van der Waals surface area contributed by atoms with Gasteiger partial charge < -0.3 is 5.32 Å². The first kappa shape index (κ1) is 10.8. The molecule has 0 aliphatic rings. The maximum Gasteiger partial charge on any atom is 0.0407 e. The smallest absolute Gasteiger partial charge is 0.0407 e. The van der Waals surface area contributed by atoms with Crippen molar-refractivity contribution in [3.05, 3.63) is 71.4 Å². The third-order valence-corrected chi connectivity index (χ3v) is 2.42. The van der Waals surface area contributed by atoms with Crippen molar-refractivity contribution in [1.29, 1.82) is 0 Å². The molecule has 0 aliphatic carbocycles. The Hall–Kier alpha value is -1.73. The number of halogens is 1. The van der Waals surface area contributed by atoms with E-state index in [2.05, 4.69) is 17.4 Å². The highest BCUT2D eigenvalue weighted by molar-refractivity contribution is 6.30. The molecule has 0 heterocycles. The first-order valence-electron chi connectivity index (χ1n) is 5.08. The summed E-state index contributed by atoms with van der Waals surface area (Å²) in [6.45, 7) is 0. The lowest BCUT2D eigenvalue weighted by Gasteiger charge is -2.00. The van der Waals surface area contributed by atoms with E-state index >= 15 is 0 Å². The predicted octanol–water partition coefficient (Wildman–Crippen LogP) is 4.42. The second kappa shape index (κ2) is 5.38. The maximum atomic E-state index is 5.80. The van der Waals surface area contributed by atoms with Crippen LogP contribution in [0.4, 0.5) is 5.69 Å². The zero-order valence-electron chi connectivity index (χ0n) is 8.73. The molecule has 1 nitrogen and oxygen atoms in total. The van der Waals surface area contributed by atoms with Gasteiger partial charge in [-0.25, -0.2) is 0 Å². The van der Waals surface area contributed by atoms with Crippen LogP contribution in [0, 0.1) is 0 Å². The van der Waals surface area contributed by atoms with Crippen LogP contribution in [0.15, 0.2) is 60.8 Å². The van der Waals surface area contributed by atoms with Gasteiger partial charge in [-0.2, -0.15) is 0 Å². The number of hydrogen-bond donors (Lipinski definition) is 1. The summed E-state index contributed by atoms with van der Waals surface area (Å²) in [5.74, 6) is 0. The Morgan fingerprint density at radius 2 is 1.56 bits per heavy atom. The summed E-state index contributed by atoms with van der Waals surface area (Å²) in [7, 11) is 0. The summed E-state index contributed by atoms with van der Waals surface area (Å²) in [5, 5.41) is 3.93. The van der Waals surface area contributed by atoms with Gasteiger partial charge in [0.2, 0.25) is 0 Å². The Bertz CT molecular complexity index is 460. The molecule has 2 heteroatoms. The molecule has 0 radical (unpaired) electrons. The lowest BCUT2D eigenvalue weighted by Crippen LogP contribution is -1.85. The maximum absolute atomic E-state index is 5.80. The second-order valence-corrected chi connectivity index (χ2v) is 3.83. The van der Waals surface area contributed by atoms with E-state index in [4.69, 9.17) is 11.6 Å². The highest BCUT2D eigenvalue weighted by atomic mass is 35.5. The Morgan fingerprint density at radius 1 is 0.875 bits per heavy atom. The van der Waals surface area contributed by atoms with E-state index in [1.54, 1.807) is 0 Å². The number of benzene rings is 2. The zero-order valence-corrected chi connectivity index (χ0v) is 9.48. The Kier molecular flexibility index (Phi) is 3.62. The summed E-state index contributed by atoms with van der Waals surface area (Å²) in [6, 6.07) is 17.8. The minimum absolute atomic E-state index is 0.748. The lowest BCUT2D eigenvalue weighted by atomic mass is 10.2. The molecule has 0 bridgehead atoms. The normalized spacial score (nSPS) is 10.6. The molecule has 16 heavy (non-hydrogen) atoms. The van der Waals surface area contributed by atoms with Crippen LogP contribution in [-0.2, 0) is 0 Å². The van der Waals surface area contributed by atoms with E-state index in [9.17, 15) is 0 Å². The molecule has 0 aromatic heterocycles. The highest BCUT2D eigenvalue weighted by Gasteiger charge is 1.88. The molecule has 1 N–H and O–H groups in total. The number of nitrogens with one attached hydrogen (secondary N) is 1. The average molecular weight is 230 g/mol. The van der Waals surface area contributed by atoms with Gasteiger partial charge in [0.25, 0.3) is 0 Å². The molecule has 0 fully saturated rings. The largest absolute Gasteiger partial charge is 0.362 e. The van der Waals surface area contributed by atoms with Crippen molar-refractivity contribution < 1.29 is 0 Å². The van der Waals surface area contributed by atoms with Crippen molar-refractivity contribution in [2.24, 2.45) is 0 Å². The van der Waals surface area contributed by atoms with Crippen molar-refractivity contribution >= 4 is 23.4 Å². The SMILES string of the molecule is Clc1ccc(NC=Cc2ccccc2)cc1. The van der Waals surface area contributed by atoms with Crippen molar-refractivity contribution in [2.75, 3.05) is 5.32 Å². The van der Waals surface area contributed by atoms with Crippen molar-refractivity contribution in [3.63, 3.8) is 0 Å². The van der Waals surface area contributed by atoms with Crippen LogP contribution in [0.25, 0.3) is 6.08 Å². The van der Waals surface area contributed by atoms with Crippen LogP contribution >= 0.6 is 11.6 Å². The van der Waals surface area contributed by atoms with E-state index in [-0.39, 0.29) is 0 Å². The summed E-state index contributed by atoms with van der Waals surface area (Å²) in [5.41, 5.74) is 2.19. The van der Waals surface area contributed by atoms with Crippen LogP contribution in [0.3, 0.4) is 0 Å². The Labute approximate surface area is 100 Å². The van der Waals surface area contributed by atoms with Crippen LogP contribution < -0.4 is 5.32 Å². The van der Waals surface area contributed by atoms with Gasteiger partial charge in [0.1, 0.15) is 0 Å². The van der Waals surface area contributed by atoms with Gasteiger partial charge in [-0.1, -0.05) is 41.9 Å². The van der Waals surface area contributed by atoms with E-state index in [0.717, 1.165) is 10.7 Å². The fourth-order valence-electron chi connectivity index (χ4n) is 1.34. The molecule has 80 valence electrons. The van der Waals surface area contributed by atoms with Crippen molar-refractivity contribution in [3.8, 4) is 0 Å². The molecule has 0 amide bonds. The molecule has 0 unspecified atom stereocenters. The summed E-state index contributed by atoms with van der Waals surface area (Å²) < 4.78 is 0. The average Bonchev–Trinajstić information content (AvgIpc) is 2.33. The minimum Gasteiger partial charge on any atom is -0.362 e. The molecule has 2 aromatic carbocycles. The van der Waals surface area contributed by atoms with Gasteiger partial charge in [0.05, 0.1) is 0 Å². The predicted molar refractivity (Wildman–Crippen MR) is 70.6 cm³/mol. The van der Waals surface area contributed by atoms with Gasteiger partial charge in [-0.05, 0) is 35.9 Å². The van der Waals surface area contributed by atoms with E-state index < -0.39 is 0 Å². The monoisotopic (exact) mass is 229 g/mol. The molecule has 0 aliphatic heterocycles. The molecular weight excluding hydrogens is 218 g/mol. The minimum atomic E-state index is 0.748. The number of rotatable bonds is 3. The standard InChI is InChI=1S/C14H12ClN/c15-13-6-8-14(9-7-13)16-11-10-12-4-2-1-3-5-12/h1-11,16H. The van der Waals surface area contributed by atoms with Crippen LogP contribution in [0.2, 0.25) is 5.02 Å². The molecule has 0 atom stereocenters. The van der Waals surface area contributed by atoms with E-state index in [1.807, 2.05) is 54.7 Å². The fourth-order valence-corrected chi connectivity index (χ4v) is 1.47. The Morgan fingerprint density at radius 3 is 2.25 bits per heavy atom. The molecular formula is C14H12ClN. The van der Waals surface area contributed by atoms with Crippen LogP contribution in [-0.4, -0.2) is 0 Å². The van der Waals surface area contributed by atoms with Gasteiger partial charge in [0, 0.05) is 16.9 Å². The lowest BCUT2D eigenvalue weighted by molar-refractivity contribution is 1.58. The summed E-state index contributed by atoms with van der Waals surface area (Å²) in [6.07, 6.45) is 3.94. The third kappa shape index (κ3) is 3.14. The van der Waals surface area contributed by atoms with Gasteiger partial charge in [-0.3, -0.25) is 0 Å². The molecule has 0 saturated heterocycles. The van der Waals surface area contributed by atoms with Gasteiger partial charge in [-0.15, -0.1) is 0 Å². The van der Waals surface area contributed by atoms with Crippen LogP contribution in [0.1, 0.15) is 5.56 Å². The molecule has 2 rings (SSSR count). The van der Waals surface area contributed by atoms with E-state index in [0.29, 0.717) is 0 Å². The zero-order chi connectivity index (χ0) is 11.2. The van der Waals surface area contributed by atoms with Crippen LogP contribution in [0.5, 0.6) is 0 Å². The Balaban J connectivity index is 1.97. The van der Waals surface area contributed by atoms with E-state index in [1.165, 1.54) is 5.56 Å². The van der Waals surface area contributed by atoms with Crippen molar-refractivity contribution in [1.82, 2.24) is 0 Å². The quantitative estimate of drug-likeness (QED) is 0.822. The fraction of sp³-hybridized carbons (Fsp3) is 0. The van der Waals surface area contributed by atoms with Gasteiger partial charge >= 0.3 is 0 Å². The third-order valence-electron chi connectivity index (χ3n) is 2.17. The molecule has 0 saturated carbocycles. The first-order valence-corrected chi connectivity index (χ1v) is 5.46. The highest BCUT2D eigenvalue weighted by Crippen LogP contribution is 2.13. The number of anilines is 1. The molecule has 2 aromatic rings. The molecule has 0 spiro atoms. The summed E-state index contributed by atoms with van der Waals surface area (Å²) >= 11 is 5.80. The number of hydrogen-bond acceptors (Lipinski definition) is 1. The topological polar surface area (TPSA) is 12.0 Å². The van der Waals surface area contributed by atoms with Crippen molar-refractivity contribution in [2.45, 2.75) is 0 Å². The first-order chi connectivity index (χ1) is 7.84. The second-order valence-electron chi connectivity index (χ2n) is 3.40. The van der Waals surface area contributed by atoms with Gasteiger partial charge in [0.15, 0.2) is 0 Å².